The van der Waals surface area contributed by atoms with Crippen LogP contribution in [0, 0.1) is 18.8 Å². The largest absolute Gasteiger partial charge is 0.514 e. The Balaban J connectivity index is 0.00000276. The summed E-state index contributed by atoms with van der Waals surface area (Å²) < 4.78 is 25.0. The van der Waals surface area contributed by atoms with Crippen LogP contribution in [-0.2, 0) is 21.1 Å². The summed E-state index contributed by atoms with van der Waals surface area (Å²) in [5.74, 6) is 1.78. The zero-order chi connectivity index (χ0) is 26.6. The predicted molar refractivity (Wildman–Crippen MR) is 153 cm³/mol. The van der Waals surface area contributed by atoms with Gasteiger partial charge in [0.2, 0.25) is 5.88 Å². The van der Waals surface area contributed by atoms with Crippen LogP contribution in [0.15, 0.2) is 106 Å². The molecule has 4 heterocycles. The van der Waals surface area contributed by atoms with Gasteiger partial charge < -0.3 is 28.1 Å². The Hall–Kier alpha value is -4.74. The van der Waals surface area contributed by atoms with Gasteiger partial charge in [-0.15, -0.1) is 18.2 Å². The second-order valence-electron chi connectivity index (χ2n) is 9.49. The summed E-state index contributed by atoms with van der Waals surface area (Å²) in [5.41, 5.74) is 3.58. The topological polar surface area (TPSA) is 64.1 Å². The summed E-state index contributed by atoms with van der Waals surface area (Å²) in [5, 5.41) is 3.72. The van der Waals surface area contributed by atoms with E-state index in [0.717, 1.165) is 44.0 Å². The van der Waals surface area contributed by atoms with Crippen LogP contribution in [0.3, 0.4) is 0 Å². The minimum absolute atomic E-state index is 0. The Morgan fingerprint density at radius 1 is 0.732 bits per heavy atom. The van der Waals surface area contributed by atoms with Crippen molar-refractivity contribution in [2.45, 2.75) is 0 Å². The van der Waals surface area contributed by atoms with Crippen LogP contribution < -0.4 is 14.4 Å². The fourth-order valence-electron chi connectivity index (χ4n) is 5.02. The first-order valence-electron chi connectivity index (χ1n) is 12.7. The van der Waals surface area contributed by atoms with Crippen LogP contribution in [0.2, 0.25) is 0 Å². The van der Waals surface area contributed by atoms with Crippen molar-refractivity contribution in [3.05, 3.63) is 116 Å². The molecule has 204 valence electrons. The molecule has 1 aliphatic heterocycles. The fourth-order valence-corrected chi connectivity index (χ4v) is 5.02. The Kier molecular flexibility index (Phi) is 6.17. The van der Waals surface area contributed by atoms with E-state index in [0.29, 0.717) is 28.7 Å². The zero-order valence-corrected chi connectivity index (χ0v) is 23.9. The molecule has 0 saturated heterocycles. The van der Waals surface area contributed by atoms with Crippen LogP contribution in [0.5, 0.6) is 23.1 Å². The molecule has 0 saturated carbocycles. The Labute approximate surface area is 249 Å². The van der Waals surface area contributed by atoms with Gasteiger partial charge in [0.05, 0.1) is 11.3 Å². The number of fused-ring (bicyclic) bond motifs is 6. The van der Waals surface area contributed by atoms with Gasteiger partial charge in [-0.2, -0.15) is 6.67 Å². The van der Waals surface area contributed by atoms with E-state index in [1.54, 1.807) is 12.3 Å². The molecule has 8 rings (SSSR count). The quantitative estimate of drug-likeness (QED) is 0.166. The van der Waals surface area contributed by atoms with Crippen LogP contribution in [0.4, 0.5) is 5.69 Å². The van der Waals surface area contributed by atoms with Gasteiger partial charge in [0.25, 0.3) is 0 Å². The van der Waals surface area contributed by atoms with Gasteiger partial charge in [0.1, 0.15) is 11.2 Å². The number of benzene rings is 4. The molecule has 3 aromatic heterocycles. The number of rotatable bonds is 5. The first kappa shape index (κ1) is 25.2. The number of aromatic nitrogens is 1. The Morgan fingerprint density at radius 2 is 1.39 bits per heavy atom. The van der Waals surface area contributed by atoms with Crippen molar-refractivity contribution in [3.63, 3.8) is 0 Å². The molecular weight excluding hydrogens is 697 g/mol. The van der Waals surface area contributed by atoms with Crippen LogP contribution in [0.1, 0.15) is 0 Å². The third kappa shape index (κ3) is 4.39. The Bertz CT molecular complexity index is 2080. The van der Waals surface area contributed by atoms with Crippen molar-refractivity contribution < 1.29 is 39.4 Å². The van der Waals surface area contributed by atoms with Crippen molar-refractivity contribution in [1.29, 1.82) is 0 Å². The fraction of sp³-hybridized carbons (Fsp3) is 0.0303. The van der Waals surface area contributed by atoms with Gasteiger partial charge in [-0.3, -0.25) is 0 Å². The average molecular weight is 718 g/mol. The number of nitrogens with zero attached hydrogens (tertiary/aromatic N) is 3. The van der Waals surface area contributed by atoms with Gasteiger partial charge in [0, 0.05) is 61.2 Å². The summed E-state index contributed by atoms with van der Waals surface area (Å²) in [6.45, 7) is 1.96. The van der Waals surface area contributed by atoms with Crippen molar-refractivity contribution >= 4 is 49.6 Å². The summed E-state index contributed by atoms with van der Waals surface area (Å²) in [6.07, 6.45) is 5.59. The molecule has 41 heavy (non-hydrogen) atoms. The number of para-hydroxylation sites is 2. The molecule has 0 amide bonds. The minimum atomic E-state index is 0. The summed E-state index contributed by atoms with van der Waals surface area (Å²) in [7, 11) is 1.97. The monoisotopic (exact) mass is 717 g/mol. The molecule has 4 aromatic carbocycles. The van der Waals surface area contributed by atoms with Gasteiger partial charge in [-0.1, -0.05) is 65.0 Å². The van der Waals surface area contributed by atoms with E-state index in [1.165, 1.54) is 0 Å². The van der Waals surface area contributed by atoms with Crippen LogP contribution >= 0.6 is 0 Å². The van der Waals surface area contributed by atoms with Crippen molar-refractivity contribution in [1.82, 2.24) is 9.88 Å². The van der Waals surface area contributed by atoms with Gasteiger partial charge >= 0.3 is 0 Å². The first-order chi connectivity index (χ1) is 19.7. The first-order valence-corrected chi connectivity index (χ1v) is 12.7. The number of pyridine rings is 1. The molecule has 0 aliphatic carbocycles. The van der Waals surface area contributed by atoms with Gasteiger partial charge in [-0.05, 0) is 37.6 Å². The zero-order valence-electron chi connectivity index (χ0n) is 21.6. The SMILES string of the molecule is CN1C=CN(c2[c-]c(Oc3[c-]c(Oc4ccccn4)c4oc5ccccc5c4c3)cc3c2oc2ccccc23)[CH-]1.[Pt]. The molecule has 8 heteroatoms. The van der Waals surface area contributed by atoms with Crippen LogP contribution in [-0.4, -0.2) is 16.9 Å². The Morgan fingerprint density at radius 3 is 2.07 bits per heavy atom. The number of hydrogen-bond acceptors (Lipinski definition) is 7. The second-order valence-corrected chi connectivity index (χ2v) is 9.49. The number of hydrogen-bond donors (Lipinski definition) is 0. The third-order valence-corrected chi connectivity index (χ3v) is 6.81. The summed E-state index contributed by atoms with van der Waals surface area (Å²) >= 11 is 0. The maximum Gasteiger partial charge on any atom is 0.216 e. The molecule has 0 unspecified atom stereocenters. The summed E-state index contributed by atoms with van der Waals surface area (Å²) in [4.78, 5) is 8.23. The normalized spacial score (nSPS) is 13.0. The predicted octanol–water partition coefficient (Wildman–Crippen LogP) is 8.41. The summed E-state index contributed by atoms with van der Waals surface area (Å²) in [6, 6.07) is 31.8. The van der Waals surface area contributed by atoms with Crippen molar-refractivity contribution in [2.75, 3.05) is 11.9 Å². The molecule has 0 spiro atoms. The third-order valence-electron chi connectivity index (χ3n) is 6.81. The second kappa shape index (κ2) is 10.0. The molecule has 0 atom stereocenters. The van der Waals surface area contributed by atoms with Crippen molar-refractivity contribution in [3.8, 4) is 23.1 Å². The molecule has 0 fully saturated rings. The minimum Gasteiger partial charge on any atom is -0.514 e. The smallest absolute Gasteiger partial charge is 0.216 e. The van der Waals surface area contributed by atoms with E-state index in [-0.39, 0.29) is 21.1 Å². The molecule has 1 aliphatic rings. The van der Waals surface area contributed by atoms with Crippen LogP contribution in [0.25, 0.3) is 43.9 Å². The van der Waals surface area contributed by atoms with E-state index in [1.807, 2.05) is 109 Å². The molecule has 7 nitrogen and oxygen atoms in total. The maximum atomic E-state index is 6.46. The number of furan rings is 2. The van der Waals surface area contributed by atoms with E-state index < -0.39 is 0 Å². The maximum absolute atomic E-state index is 6.46. The van der Waals surface area contributed by atoms with E-state index in [4.69, 9.17) is 18.3 Å². The van der Waals surface area contributed by atoms with E-state index in [9.17, 15) is 0 Å². The molecular formula is C33H20N3O4Pt-3. The van der Waals surface area contributed by atoms with Gasteiger partial charge in [-0.25, -0.2) is 4.98 Å². The van der Waals surface area contributed by atoms with Gasteiger partial charge in [0.15, 0.2) is 0 Å². The van der Waals surface area contributed by atoms with Crippen molar-refractivity contribution in [2.24, 2.45) is 0 Å². The van der Waals surface area contributed by atoms with E-state index in [2.05, 4.69) is 17.1 Å². The number of anilines is 1. The average Bonchev–Trinajstić information content (AvgIpc) is 3.69. The molecule has 0 radical (unpaired) electrons. The molecule has 7 aromatic rings. The number of ether oxygens (including phenoxy) is 2. The standard InChI is InChI=1S/C33H20N3O4.Pt/c1-35-14-15-36(20-35)27-18-21(16-25-23-8-2-4-10-28(23)39-32(25)27)37-22-17-26-24-9-3-5-11-29(24)40-33(26)30(19-22)38-31-12-6-7-13-34-31;/h2-17,20H,1H3;/q-3;. The van der Waals surface area contributed by atoms with E-state index >= 15 is 0 Å². The molecule has 0 N–H and O–H groups in total. The molecule has 0 bridgehead atoms.